The van der Waals surface area contributed by atoms with Crippen molar-refractivity contribution in [3.8, 4) is 0 Å². The van der Waals surface area contributed by atoms with E-state index in [0.29, 0.717) is 19.7 Å². The molecule has 1 aromatic carbocycles. The molecule has 1 saturated heterocycles. The van der Waals surface area contributed by atoms with Gasteiger partial charge in [-0.15, -0.1) is 10.2 Å². The van der Waals surface area contributed by atoms with Crippen molar-refractivity contribution in [2.24, 2.45) is 0 Å². The number of H-pyrrole nitrogens is 1. The zero-order valence-corrected chi connectivity index (χ0v) is 10.5. The molecule has 1 aromatic heterocycles. The largest absolute Gasteiger partial charge is 0.370 e. The molecule has 0 spiro atoms. The summed E-state index contributed by atoms with van der Waals surface area (Å²) < 4.78 is 18.5. The van der Waals surface area contributed by atoms with Crippen LogP contribution in [0.5, 0.6) is 0 Å². The molecule has 0 saturated carbocycles. The number of ether oxygens (including phenoxy) is 1. The molecule has 7 nitrogen and oxygen atoms in total. The van der Waals surface area contributed by atoms with Gasteiger partial charge < -0.3 is 9.64 Å². The third kappa shape index (κ3) is 2.50. The van der Waals surface area contributed by atoms with Crippen molar-refractivity contribution in [2.45, 2.75) is 6.10 Å². The molecule has 2 heterocycles. The lowest BCUT2D eigenvalue weighted by Crippen LogP contribution is -2.42. The number of amides is 1. The van der Waals surface area contributed by atoms with Gasteiger partial charge in [0.1, 0.15) is 11.9 Å². The molecule has 1 aliphatic heterocycles. The van der Waals surface area contributed by atoms with E-state index in [4.69, 9.17) is 4.74 Å². The van der Waals surface area contributed by atoms with Gasteiger partial charge in [0.25, 0.3) is 11.7 Å². The van der Waals surface area contributed by atoms with Crippen LogP contribution in [0.1, 0.15) is 22.3 Å². The number of nitrogens with one attached hydrogen (secondary N) is 1. The fourth-order valence-corrected chi connectivity index (χ4v) is 2.11. The average Bonchev–Trinajstić information content (AvgIpc) is 3.01. The fraction of sp³-hybridized carbons (Fsp3) is 0.333. The molecule has 0 bridgehead atoms. The number of aromatic amines is 1. The zero-order chi connectivity index (χ0) is 13.9. The van der Waals surface area contributed by atoms with E-state index in [1.807, 2.05) is 0 Å². The Morgan fingerprint density at radius 2 is 2.20 bits per heavy atom. The normalized spacial score (nSPS) is 19.1. The quantitative estimate of drug-likeness (QED) is 0.866. The monoisotopic (exact) mass is 277 g/mol. The maximum atomic E-state index is 12.9. The highest BCUT2D eigenvalue weighted by molar-refractivity contribution is 5.90. The summed E-state index contributed by atoms with van der Waals surface area (Å²) in [5, 5.41) is 13.0. The van der Waals surface area contributed by atoms with Crippen LogP contribution in [0.15, 0.2) is 24.3 Å². The number of rotatable bonds is 2. The number of nitrogens with zero attached hydrogens (tertiary/aromatic N) is 4. The molecule has 0 radical (unpaired) electrons. The molecule has 2 aromatic rings. The minimum atomic E-state index is -0.302. The Morgan fingerprint density at radius 1 is 1.40 bits per heavy atom. The van der Waals surface area contributed by atoms with Crippen LogP contribution in [-0.2, 0) is 4.74 Å². The molecular weight excluding hydrogens is 265 g/mol. The zero-order valence-electron chi connectivity index (χ0n) is 10.5. The van der Waals surface area contributed by atoms with Crippen LogP contribution in [0.3, 0.4) is 0 Å². The van der Waals surface area contributed by atoms with Gasteiger partial charge in [0.2, 0.25) is 0 Å². The lowest BCUT2D eigenvalue weighted by Gasteiger charge is -2.32. The predicted octanol–water partition coefficient (Wildman–Crippen LogP) is 0.552. The Morgan fingerprint density at radius 3 is 2.90 bits per heavy atom. The number of aromatic nitrogens is 4. The summed E-state index contributed by atoms with van der Waals surface area (Å²) in [5.74, 6) is -0.566. The van der Waals surface area contributed by atoms with E-state index < -0.39 is 0 Å². The first-order valence-electron chi connectivity index (χ1n) is 6.14. The molecule has 3 rings (SSSR count). The second kappa shape index (κ2) is 5.33. The van der Waals surface area contributed by atoms with Crippen LogP contribution in [-0.4, -0.2) is 51.1 Å². The summed E-state index contributed by atoms with van der Waals surface area (Å²) in [6.45, 7) is 1.25. The van der Waals surface area contributed by atoms with Gasteiger partial charge in [-0.3, -0.25) is 4.79 Å². The Balaban J connectivity index is 1.73. The lowest BCUT2D eigenvalue weighted by molar-refractivity contribution is -0.0232. The summed E-state index contributed by atoms with van der Waals surface area (Å²) >= 11 is 0. The third-order valence-corrected chi connectivity index (χ3v) is 3.13. The maximum absolute atomic E-state index is 12.9. The number of hydrogen-bond donors (Lipinski definition) is 1. The average molecular weight is 277 g/mol. The van der Waals surface area contributed by atoms with E-state index in [9.17, 15) is 9.18 Å². The van der Waals surface area contributed by atoms with Gasteiger partial charge >= 0.3 is 0 Å². The number of halogens is 1. The summed E-state index contributed by atoms with van der Waals surface area (Å²) in [4.78, 5) is 13.7. The van der Waals surface area contributed by atoms with Crippen molar-refractivity contribution < 1.29 is 13.9 Å². The summed E-state index contributed by atoms with van der Waals surface area (Å²) in [6, 6.07) is 6.06. The SMILES string of the molecule is O=C(c1nn[nH]n1)N1CCOC(c2ccc(F)cc2)C1. The highest BCUT2D eigenvalue weighted by Gasteiger charge is 2.28. The van der Waals surface area contributed by atoms with E-state index in [1.54, 1.807) is 17.0 Å². The van der Waals surface area contributed by atoms with Crippen molar-refractivity contribution in [1.82, 2.24) is 25.5 Å². The van der Waals surface area contributed by atoms with Gasteiger partial charge in [-0.2, -0.15) is 5.21 Å². The maximum Gasteiger partial charge on any atom is 0.295 e. The first-order chi connectivity index (χ1) is 9.74. The lowest BCUT2D eigenvalue weighted by atomic mass is 10.1. The van der Waals surface area contributed by atoms with Crippen LogP contribution < -0.4 is 0 Å². The first-order valence-corrected chi connectivity index (χ1v) is 6.14. The van der Waals surface area contributed by atoms with Crippen LogP contribution in [0.4, 0.5) is 4.39 Å². The summed E-state index contributed by atoms with van der Waals surface area (Å²) in [5.41, 5.74) is 0.831. The minimum absolute atomic E-state index is 0.0322. The third-order valence-electron chi connectivity index (χ3n) is 3.13. The number of carbonyl (C=O) groups is 1. The molecule has 104 valence electrons. The van der Waals surface area contributed by atoms with Crippen molar-refractivity contribution in [2.75, 3.05) is 19.7 Å². The van der Waals surface area contributed by atoms with Gasteiger partial charge in [-0.05, 0) is 22.9 Å². The van der Waals surface area contributed by atoms with Gasteiger partial charge in [0.05, 0.1) is 13.2 Å². The number of carbonyl (C=O) groups excluding carboxylic acids is 1. The predicted molar refractivity (Wildman–Crippen MR) is 65.2 cm³/mol. The van der Waals surface area contributed by atoms with Gasteiger partial charge in [-0.25, -0.2) is 4.39 Å². The minimum Gasteiger partial charge on any atom is -0.370 e. The van der Waals surface area contributed by atoms with Crippen molar-refractivity contribution in [1.29, 1.82) is 0 Å². The standard InChI is InChI=1S/C12H12FN5O2/c13-9-3-1-8(2-4-9)10-7-18(5-6-20-10)12(19)11-14-16-17-15-11/h1-4,10H,5-7H2,(H,14,15,16,17). The second-order valence-electron chi connectivity index (χ2n) is 4.40. The summed E-state index contributed by atoms with van der Waals surface area (Å²) in [6.07, 6.45) is -0.278. The van der Waals surface area contributed by atoms with Crippen molar-refractivity contribution >= 4 is 5.91 Å². The Hall–Kier alpha value is -2.35. The van der Waals surface area contributed by atoms with E-state index in [0.717, 1.165) is 5.56 Å². The molecule has 1 amide bonds. The first kappa shape index (κ1) is 12.7. The molecule has 1 atom stereocenters. The van der Waals surface area contributed by atoms with Crippen LogP contribution >= 0.6 is 0 Å². The molecule has 8 heteroatoms. The smallest absolute Gasteiger partial charge is 0.295 e. The molecule has 1 unspecified atom stereocenters. The van der Waals surface area contributed by atoms with Gasteiger partial charge in [0.15, 0.2) is 0 Å². The number of hydrogen-bond acceptors (Lipinski definition) is 5. The molecular formula is C12H12FN5O2. The van der Waals surface area contributed by atoms with E-state index >= 15 is 0 Å². The molecule has 1 aliphatic rings. The van der Waals surface area contributed by atoms with Crippen LogP contribution in [0, 0.1) is 5.82 Å². The molecule has 20 heavy (non-hydrogen) atoms. The Labute approximate surface area is 113 Å². The highest BCUT2D eigenvalue weighted by Crippen LogP contribution is 2.23. The van der Waals surface area contributed by atoms with E-state index in [1.165, 1.54) is 12.1 Å². The van der Waals surface area contributed by atoms with Gasteiger partial charge in [-0.1, -0.05) is 12.1 Å². The van der Waals surface area contributed by atoms with Gasteiger partial charge in [0, 0.05) is 6.54 Å². The number of tetrazole rings is 1. The summed E-state index contributed by atoms with van der Waals surface area (Å²) in [7, 11) is 0. The topological polar surface area (TPSA) is 84.0 Å². The van der Waals surface area contributed by atoms with Crippen LogP contribution in [0.25, 0.3) is 0 Å². The molecule has 1 N–H and O–H groups in total. The molecule has 0 aliphatic carbocycles. The Kier molecular flexibility index (Phi) is 3.38. The van der Waals surface area contributed by atoms with Crippen molar-refractivity contribution in [3.63, 3.8) is 0 Å². The number of morpholine rings is 1. The number of benzene rings is 1. The highest BCUT2D eigenvalue weighted by atomic mass is 19.1. The van der Waals surface area contributed by atoms with E-state index in [2.05, 4.69) is 20.6 Å². The van der Waals surface area contributed by atoms with E-state index in [-0.39, 0.29) is 23.7 Å². The fourth-order valence-electron chi connectivity index (χ4n) is 2.11. The molecule has 1 fully saturated rings. The van der Waals surface area contributed by atoms with Crippen LogP contribution in [0.2, 0.25) is 0 Å². The second-order valence-corrected chi connectivity index (χ2v) is 4.40. The Bertz CT molecular complexity index is 586. The van der Waals surface area contributed by atoms with Crippen molar-refractivity contribution in [3.05, 3.63) is 41.5 Å².